The smallest absolute Gasteiger partial charge is 0.326 e. The summed E-state index contributed by atoms with van der Waals surface area (Å²) in [5, 5.41) is 26.4. The molecule has 0 radical (unpaired) electrons. The van der Waals surface area contributed by atoms with Gasteiger partial charge in [-0.2, -0.15) is 0 Å². The van der Waals surface area contributed by atoms with Gasteiger partial charge in [0.05, 0.1) is 12.5 Å². The van der Waals surface area contributed by atoms with Crippen LogP contribution in [0.2, 0.25) is 0 Å². The lowest BCUT2D eigenvalue weighted by Gasteiger charge is -2.26. The SMILES string of the molecule is CCC(C)C(N)C(=O)NC(CC(C)C)C(=O)NC(CC(N)=O)C(=O)NC(Cc1ccc(O)cc1)C(=O)O. The molecule has 0 heterocycles. The van der Waals surface area contributed by atoms with Gasteiger partial charge in [-0.25, -0.2) is 4.79 Å². The fraction of sp³-hybridized carbons (Fsp3) is 0.560. The molecule has 0 saturated heterocycles. The molecule has 5 unspecified atom stereocenters. The van der Waals surface area contributed by atoms with E-state index in [1.54, 1.807) is 0 Å². The standard InChI is InChI=1S/C25H39N5O7/c1-5-14(4)21(27)24(35)29-17(10-13(2)3)22(33)28-18(12-20(26)32)23(34)30-19(25(36)37)11-15-6-8-16(31)9-7-15/h6-9,13-14,17-19,21,31H,5,10-12,27H2,1-4H3,(H2,26,32)(H,28,33)(H,29,35)(H,30,34)(H,36,37). The Balaban J connectivity index is 3.04. The number of amides is 4. The predicted octanol–water partition coefficient (Wildman–Crippen LogP) is -0.231. The predicted molar refractivity (Wildman–Crippen MR) is 136 cm³/mol. The Labute approximate surface area is 216 Å². The van der Waals surface area contributed by atoms with Gasteiger partial charge in [0.1, 0.15) is 23.9 Å². The van der Waals surface area contributed by atoms with Crippen molar-refractivity contribution in [3.8, 4) is 5.75 Å². The zero-order valence-corrected chi connectivity index (χ0v) is 21.7. The topological polar surface area (TPSA) is 214 Å². The Morgan fingerprint density at radius 2 is 1.38 bits per heavy atom. The maximum Gasteiger partial charge on any atom is 0.326 e. The van der Waals surface area contributed by atoms with Crippen molar-refractivity contribution in [2.45, 2.75) is 77.5 Å². The number of rotatable bonds is 15. The van der Waals surface area contributed by atoms with Crippen LogP contribution in [0.3, 0.4) is 0 Å². The molecular formula is C25H39N5O7. The largest absolute Gasteiger partial charge is 0.508 e. The first-order valence-electron chi connectivity index (χ1n) is 12.2. The number of aromatic hydroxyl groups is 1. The van der Waals surface area contributed by atoms with Crippen LogP contribution in [0.1, 0.15) is 52.5 Å². The van der Waals surface area contributed by atoms with Gasteiger partial charge in [0, 0.05) is 6.42 Å². The maximum atomic E-state index is 13.1. The first kappa shape index (κ1) is 31.4. The first-order valence-corrected chi connectivity index (χ1v) is 12.2. The molecule has 1 aromatic rings. The van der Waals surface area contributed by atoms with Crippen LogP contribution in [0, 0.1) is 11.8 Å². The van der Waals surface area contributed by atoms with Crippen molar-refractivity contribution in [1.29, 1.82) is 0 Å². The number of carboxylic acids is 1. The Bertz CT molecular complexity index is 951. The third-order valence-electron chi connectivity index (χ3n) is 5.93. The number of aliphatic carboxylic acids is 1. The summed E-state index contributed by atoms with van der Waals surface area (Å²) in [6.07, 6.45) is 0.190. The molecule has 1 aromatic carbocycles. The number of nitrogens with one attached hydrogen (secondary N) is 3. The first-order chi connectivity index (χ1) is 17.2. The van der Waals surface area contributed by atoms with E-state index >= 15 is 0 Å². The number of carbonyl (C=O) groups is 5. The molecule has 9 N–H and O–H groups in total. The fourth-order valence-corrected chi connectivity index (χ4v) is 3.51. The molecule has 0 fully saturated rings. The number of benzene rings is 1. The lowest BCUT2D eigenvalue weighted by molar-refractivity contribution is -0.142. The van der Waals surface area contributed by atoms with E-state index in [0.717, 1.165) is 0 Å². The highest BCUT2D eigenvalue weighted by molar-refractivity contribution is 5.96. The van der Waals surface area contributed by atoms with Crippen LogP contribution in [0.5, 0.6) is 5.75 Å². The molecule has 1 rings (SSSR count). The number of phenols is 1. The molecule has 0 bridgehead atoms. The zero-order valence-electron chi connectivity index (χ0n) is 21.7. The van der Waals surface area contributed by atoms with Crippen LogP contribution >= 0.6 is 0 Å². The van der Waals surface area contributed by atoms with Crippen LogP contribution in [0.15, 0.2) is 24.3 Å². The molecule has 0 aliphatic heterocycles. The van der Waals surface area contributed by atoms with Crippen LogP contribution in [-0.2, 0) is 30.4 Å². The van der Waals surface area contributed by atoms with Crippen molar-refractivity contribution in [2.24, 2.45) is 23.3 Å². The summed E-state index contributed by atoms with van der Waals surface area (Å²) in [7, 11) is 0. The Morgan fingerprint density at radius 3 is 1.86 bits per heavy atom. The van der Waals surface area contributed by atoms with E-state index in [0.29, 0.717) is 12.0 Å². The summed E-state index contributed by atoms with van der Waals surface area (Å²) < 4.78 is 0. The second-order valence-electron chi connectivity index (χ2n) is 9.60. The molecule has 0 aliphatic rings. The molecule has 0 aromatic heterocycles. The van der Waals surface area contributed by atoms with Crippen LogP contribution in [0.4, 0.5) is 0 Å². The van der Waals surface area contributed by atoms with Gasteiger partial charge >= 0.3 is 5.97 Å². The minimum Gasteiger partial charge on any atom is -0.508 e. The van der Waals surface area contributed by atoms with Crippen molar-refractivity contribution in [2.75, 3.05) is 0 Å². The van der Waals surface area contributed by atoms with Gasteiger partial charge in [-0.1, -0.05) is 46.2 Å². The molecule has 5 atom stereocenters. The van der Waals surface area contributed by atoms with Crippen molar-refractivity contribution in [3.05, 3.63) is 29.8 Å². The van der Waals surface area contributed by atoms with Gasteiger partial charge in [0.15, 0.2) is 0 Å². The van der Waals surface area contributed by atoms with Crippen molar-refractivity contribution in [3.63, 3.8) is 0 Å². The van der Waals surface area contributed by atoms with Gasteiger partial charge in [0.25, 0.3) is 0 Å². The average Bonchev–Trinajstić information content (AvgIpc) is 2.82. The summed E-state index contributed by atoms with van der Waals surface area (Å²) in [6, 6.07) is 1.02. The van der Waals surface area contributed by atoms with Crippen LogP contribution in [0.25, 0.3) is 0 Å². The molecule has 12 heteroatoms. The summed E-state index contributed by atoms with van der Waals surface area (Å²) in [5.74, 6) is -4.56. The molecule has 0 aliphatic carbocycles. The average molecular weight is 522 g/mol. The highest BCUT2D eigenvalue weighted by Gasteiger charge is 2.32. The number of carboxylic acid groups (broad SMARTS) is 1. The van der Waals surface area contributed by atoms with Gasteiger partial charge in [-0.05, 0) is 36.0 Å². The summed E-state index contributed by atoms with van der Waals surface area (Å²) >= 11 is 0. The van der Waals surface area contributed by atoms with Gasteiger partial charge in [0.2, 0.25) is 23.6 Å². The normalized spacial score (nSPS) is 15.1. The number of nitrogens with two attached hydrogens (primary N) is 2. The van der Waals surface area contributed by atoms with E-state index < -0.39 is 60.2 Å². The van der Waals surface area contributed by atoms with Gasteiger partial charge < -0.3 is 37.6 Å². The monoisotopic (exact) mass is 521 g/mol. The molecule has 37 heavy (non-hydrogen) atoms. The van der Waals surface area contributed by atoms with Crippen LogP contribution < -0.4 is 27.4 Å². The highest BCUT2D eigenvalue weighted by Crippen LogP contribution is 2.12. The maximum absolute atomic E-state index is 13.1. The van der Waals surface area contributed by atoms with E-state index in [4.69, 9.17) is 11.5 Å². The minimum absolute atomic E-state index is 0.00274. The van der Waals surface area contributed by atoms with Crippen molar-refractivity contribution >= 4 is 29.6 Å². The van der Waals surface area contributed by atoms with E-state index in [1.165, 1.54) is 24.3 Å². The molecule has 206 valence electrons. The summed E-state index contributed by atoms with van der Waals surface area (Å²) in [5.41, 5.74) is 11.8. The van der Waals surface area contributed by atoms with E-state index in [9.17, 15) is 34.2 Å². The second kappa shape index (κ2) is 14.8. The van der Waals surface area contributed by atoms with Crippen LogP contribution in [-0.4, -0.2) is 64.0 Å². The number of carbonyl (C=O) groups excluding carboxylic acids is 4. The summed E-state index contributed by atoms with van der Waals surface area (Å²) in [6.45, 7) is 7.38. The van der Waals surface area contributed by atoms with Crippen molar-refractivity contribution in [1.82, 2.24) is 16.0 Å². The highest BCUT2D eigenvalue weighted by atomic mass is 16.4. The van der Waals surface area contributed by atoms with E-state index in [-0.39, 0.29) is 30.4 Å². The summed E-state index contributed by atoms with van der Waals surface area (Å²) in [4.78, 5) is 62.0. The lowest BCUT2D eigenvalue weighted by Crippen LogP contribution is -2.58. The van der Waals surface area contributed by atoms with E-state index in [2.05, 4.69) is 16.0 Å². The minimum atomic E-state index is -1.47. The molecule has 12 nitrogen and oxygen atoms in total. The van der Waals surface area contributed by atoms with E-state index in [1.807, 2.05) is 27.7 Å². The Hall–Kier alpha value is -3.67. The quantitative estimate of drug-likeness (QED) is 0.163. The van der Waals surface area contributed by atoms with Crippen molar-refractivity contribution < 1.29 is 34.2 Å². The zero-order chi connectivity index (χ0) is 28.3. The molecule has 4 amide bonds. The fourth-order valence-electron chi connectivity index (χ4n) is 3.51. The second-order valence-corrected chi connectivity index (χ2v) is 9.60. The van der Waals surface area contributed by atoms with Gasteiger partial charge in [-0.3, -0.25) is 19.2 Å². The third kappa shape index (κ3) is 10.9. The molecule has 0 spiro atoms. The third-order valence-corrected chi connectivity index (χ3v) is 5.93. The lowest BCUT2D eigenvalue weighted by atomic mass is 9.97. The molecular weight excluding hydrogens is 482 g/mol. The van der Waals surface area contributed by atoms with Gasteiger partial charge in [-0.15, -0.1) is 0 Å². The Kier molecular flexibility index (Phi) is 12.5. The molecule has 0 saturated carbocycles. The number of hydrogen-bond acceptors (Lipinski definition) is 7. The number of hydrogen-bond donors (Lipinski definition) is 7. The number of phenolic OH excluding ortho intramolecular Hbond substituents is 1. The Morgan fingerprint density at radius 1 is 0.865 bits per heavy atom. The number of primary amides is 1.